The highest BCUT2D eigenvalue weighted by Crippen LogP contribution is 2.38. The zero-order chi connectivity index (χ0) is 13.7. The Balaban J connectivity index is 1.60. The molecule has 3 aliphatic rings. The van der Waals surface area contributed by atoms with Crippen LogP contribution in [-0.4, -0.2) is 34.7 Å². The summed E-state index contributed by atoms with van der Waals surface area (Å²) in [5, 5.41) is 0. The quantitative estimate of drug-likeness (QED) is 0.867. The van der Waals surface area contributed by atoms with Crippen LogP contribution in [0, 0.1) is 0 Å². The highest BCUT2D eigenvalue weighted by atomic mass is 32.2. The summed E-state index contributed by atoms with van der Waals surface area (Å²) in [5.74, 6) is 2.55. The third kappa shape index (κ3) is 2.11. The van der Waals surface area contributed by atoms with Gasteiger partial charge in [-0.1, -0.05) is 0 Å². The molecule has 5 heteroatoms. The van der Waals surface area contributed by atoms with Gasteiger partial charge in [-0.3, -0.25) is 4.79 Å². The van der Waals surface area contributed by atoms with Crippen molar-refractivity contribution in [2.24, 2.45) is 5.73 Å². The minimum Gasteiger partial charge on any atom is -0.332 e. The summed E-state index contributed by atoms with van der Waals surface area (Å²) in [6, 6.07) is 3.24. The molecule has 1 amide bonds. The van der Waals surface area contributed by atoms with Crippen LogP contribution in [0.2, 0.25) is 0 Å². The Labute approximate surface area is 127 Å². The molecular formula is C15H20N2OS2. The fourth-order valence-corrected chi connectivity index (χ4v) is 6.25. The van der Waals surface area contributed by atoms with Crippen LogP contribution in [0.15, 0.2) is 6.07 Å². The Hall–Kier alpha value is -0.520. The van der Waals surface area contributed by atoms with Crippen molar-refractivity contribution in [1.29, 1.82) is 0 Å². The van der Waals surface area contributed by atoms with Crippen molar-refractivity contribution in [3.05, 3.63) is 21.4 Å². The van der Waals surface area contributed by atoms with E-state index < -0.39 is 0 Å². The molecule has 1 aromatic heterocycles. The lowest BCUT2D eigenvalue weighted by atomic mass is 9.98. The molecule has 0 saturated carbocycles. The third-order valence-electron chi connectivity index (χ3n) is 4.84. The molecule has 2 atom stereocenters. The fraction of sp³-hybridized carbons (Fsp3) is 0.667. The van der Waals surface area contributed by atoms with Gasteiger partial charge in [0, 0.05) is 28.8 Å². The minimum absolute atomic E-state index is 0.272. The van der Waals surface area contributed by atoms with Gasteiger partial charge >= 0.3 is 0 Å². The molecule has 2 unspecified atom stereocenters. The topological polar surface area (TPSA) is 46.3 Å². The van der Waals surface area contributed by atoms with Crippen molar-refractivity contribution in [3.8, 4) is 0 Å². The van der Waals surface area contributed by atoms with E-state index in [2.05, 4.69) is 11.0 Å². The van der Waals surface area contributed by atoms with Gasteiger partial charge in [-0.15, -0.1) is 11.3 Å². The van der Waals surface area contributed by atoms with Crippen molar-refractivity contribution < 1.29 is 4.79 Å². The van der Waals surface area contributed by atoms with E-state index >= 15 is 0 Å². The molecule has 3 aliphatic heterocycles. The monoisotopic (exact) mass is 308 g/mol. The Bertz CT molecular complexity index is 504. The molecule has 3 nitrogen and oxygen atoms in total. The summed E-state index contributed by atoms with van der Waals surface area (Å²) >= 11 is 3.71. The number of carbonyl (C=O) groups is 1. The number of hydrogen-bond acceptors (Lipinski definition) is 4. The van der Waals surface area contributed by atoms with Crippen molar-refractivity contribution in [2.75, 3.05) is 5.75 Å². The average molecular weight is 308 g/mol. The predicted octanol–water partition coefficient (Wildman–Crippen LogP) is 2.63. The first kappa shape index (κ1) is 13.2. The molecule has 0 spiro atoms. The van der Waals surface area contributed by atoms with Gasteiger partial charge in [0.05, 0.1) is 4.88 Å². The number of piperidine rings is 1. The van der Waals surface area contributed by atoms with E-state index in [0.717, 1.165) is 42.7 Å². The van der Waals surface area contributed by atoms with Gasteiger partial charge in [0.1, 0.15) is 0 Å². The summed E-state index contributed by atoms with van der Waals surface area (Å²) in [6.07, 6.45) is 5.40. The highest BCUT2D eigenvalue weighted by Gasteiger charge is 2.42. The van der Waals surface area contributed by atoms with Crippen LogP contribution in [-0.2, 0) is 12.2 Å². The maximum atomic E-state index is 12.9. The van der Waals surface area contributed by atoms with Gasteiger partial charge in [-0.25, -0.2) is 0 Å². The summed E-state index contributed by atoms with van der Waals surface area (Å²) in [4.78, 5) is 17.4. The standard InChI is InChI=1S/C15H20N2OS2/c16-10-6-11-1-2-12(7-10)17(11)15(18)14-5-9-8-19-4-3-13(9)20-14/h5,10-12H,1-4,6-8,16H2. The van der Waals surface area contributed by atoms with Crippen molar-refractivity contribution in [1.82, 2.24) is 4.90 Å². The Morgan fingerprint density at radius 3 is 2.75 bits per heavy atom. The molecule has 0 radical (unpaired) electrons. The van der Waals surface area contributed by atoms with Crippen molar-refractivity contribution in [2.45, 2.75) is 56.0 Å². The highest BCUT2D eigenvalue weighted by molar-refractivity contribution is 7.98. The average Bonchev–Trinajstić information content (AvgIpc) is 2.98. The van der Waals surface area contributed by atoms with Crippen LogP contribution in [0.5, 0.6) is 0 Å². The molecule has 2 bridgehead atoms. The smallest absolute Gasteiger partial charge is 0.264 e. The summed E-state index contributed by atoms with van der Waals surface area (Å²) in [6.45, 7) is 0. The number of thioether (sulfide) groups is 1. The van der Waals surface area contributed by atoms with Crippen molar-refractivity contribution in [3.63, 3.8) is 0 Å². The second kappa shape index (κ2) is 5.04. The summed E-state index contributed by atoms with van der Waals surface area (Å²) in [5.41, 5.74) is 7.50. The fourth-order valence-electron chi connectivity index (χ4n) is 3.93. The lowest BCUT2D eigenvalue weighted by molar-refractivity contribution is 0.0580. The lowest BCUT2D eigenvalue weighted by Gasteiger charge is -2.37. The molecule has 20 heavy (non-hydrogen) atoms. The SMILES string of the molecule is NC1CC2CCC(C1)N2C(=O)c1cc2c(s1)CCSC2. The number of aryl methyl sites for hydroxylation is 1. The number of amides is 1. The van der Waals surface area contributed by atoms with E-state index in [-0.39, 0.29) is 5.91 Å². The van der Waals surface area contributed by atoms with E-state index in [1.165, 1.54) is 16.2 Å². The molecule has 4 heterocycles. The lowest BCUT2D eigenvalue weighted by Crippen LogP contribution is -2.49. The van der Waals surface area contributed by atoms with Gasteiger partial charge < -0.3 is 10.6 Å². The number of thiophene rings is 1. The molecule has 2 N–H and O–H groups in total. The van der Waals surface area contributed by atoms with Crippen molar-refractivity contribution >= 4 is 29.0 Å². The second-order valence-corrected chi connectivity index (χ2v) is 8.43. The second-order valence-electron chi connectivity index (χ2n) is 6.19. The Kier molecular flexibility index (Phi) is 3.32. The van der Waals surface area contributed by atoms with Gasteiger partial charge in [0.25, 0.3) is 5.91 Å². The van der Waals surface area contributed by atoms with Gasteiger partial charge in [0.15, 0.2) is 0 Å². The molecule has 2 saturated heterocycles. The molecule has 1 aromatic rings. The van der Waals surface area contributed by atoms with E-state index in [1.54, 1.807) is 11.3 Å². The van der Waals surface area contributed by atoms with E-state index in [9.17, 15) is 4.79 Å². The van der Waals surface area contributed by atoms with Crippen LogP contribution in [0.3, 0.4) is 0 Å². The van der Waals surface area contributed by atoms with Gasteiger partial charge in [-0.05, 0) is 49.5 Å². The van der Waals surface area contributed by atoms with E-state index in [1.807, 2.05) is 11.8 Å². The summed E-state index contributed by atoms with van der Waals surface area (Å²) < 4.78 is 0. The zero-order valence-electron chi connectivity index (χ0n) is 11.5. The number of nitrogens with zero attached hydrogens (tertiary/aromatic N) is 1. The van der Waals surface area contributed by atoms with Crippen LogP contribution >= 0.6 is 23.1 Å². The van der Waals surface area contributed by atoms with Gasteiger partial charge in [-0.2, -0.15) is 11.8 Å². The molecule has 4 rings (SSSR count). The summed E-state index contributed by atoms with van der Waals surface area (Å²) in [7, 11) is 0. The Morgan fingerprint density at radius 1 is 1.30 bits per heavy atom. The molecular weight excluding hydrogens is 288 g/mol. The first-order chi connectivity index (χ1) is 9.72. The third-order valence-corrected chi connectivity index (χ3v) is 7.08. The number of carbonyl (C=O) groups excluding carboxylic acids is 1. The molecule has 0 aliphatic carbocycles. The zero-order valence-corrected chi connectivity index (χ0v) is 13.1. The van der Waals surface area contributed by atoms with Gasteiger partial charge in [0.2, 0.25) is 0 Å². The first-order valence-corrected chi connectivity index (χ1v) is 9.47. The number of rotatable bonds is 1. The largest absolute Gasteiger partial charge is 0.332 e. The van der Waals surface area contributed by atoms with E-state index in [4.69, 9.17) is 5.73 Å². The van der Waals surface area contributed by atoms with Crippen LogP contribution in [0.25, 0.3) is 0 Å². The maximum absolute atomic E-state index is 12.9. The van der Waals surface area contributed by atoms with Crippen LogP contribution < -0.4 is 5.73 Å². The normalized spacial score (nSPS) is 32.2. The Morgan fingerprint density at radius 2 is 2.05 bits per heavy atom. The number of nitrogens with two attached hydrogens (primary N) is 1. The van der Waals surface area contributed by atoms with Crippen LogP contribution in [0.1, 0.15) is 45.8 Å². The molecule has 108 valence electrons. The molecule has 0 aromatic carbocycles. The maximum Gasteiger partial charge on any atom is 0.264 e. The van der Waals surface area contributed by atoms with E-state index in [0.29, 0.717) is 18.1 Å². The predicted molar refractivity (Wildman–Crippen MR) is 84.4 cm³/mol. The minimum atomic E-state index is 0.272. The first-order valence-electron chi connectivity index (χ1n) is 7.50. The molecule has 2 fully saturated rings. The number of fused-ring (bicyclic) bond motifs is 3. The number of hydrogen-bond donors (Lipinski definition) is 1. The van der Waals surface area contributed by atoms with Crippen LogP contribution in [0.4, 0.5) is 0 Å².